The lowest BCUT2D eigenvalue weighted by Gasteiger charge is -2.21. The number of allylic oxidation sites excluding steroid dienone is 4. The Balaban J connectivity index is 1.23. The molecule has 1 N–H and O–H groups in total. The number of nitrogens with zero attached hydrogens (tertiary/aromatic N) is 1. The van der Waals surface area contributed by atoms with Crippen molar-refractivity contribution in [3.63, 3.8) is 0 Å². The first-order chi connectivity index (χ1) is 25.0. The second kappa shape index (κ2) is 12.2. The molecular weight excluding hydrogens is 617 g/mol. The number of hydrogen-bond acceptors (Lipinski definition) is 1. The third-order valence-corrected chi connectivity index (χ3v) is 10.6. The summed E-state index contributed by atoms with van der Waals surface area (Å²) < 4.78 is 2.42. The van der Waals surface area contributed by atoms with E-state index in [0.29, 0.717) is 0 Å². The summed E-state index contributed by atoms with van der Waals surface area (Å²) >= 11 is 0. The number of rotatable bonds is 7. The van der Waals surface area contributed by atoms with Gasteiger partial charge in [-0.1, -0.05) is 136 Å². The van der Waals surface area contributed by atoms with Crippen molar-refractivity contribution in [2.24, 2.45) is 0 Å². The fraction of sp³-hybridized carbons (Fsp3) is 0.0612. The van der Waals surface area contributed by atoms with Crippen molar-refractivity contribution >= 4 is 49.4 Å². The summed E-state index contributed by atoms with van der Waals surface area (Å²) in [5.41, 5.74) is 14.2. The van der Waals surface area contributed by atoms with Crippen LogP contribution in [-0.4, -0.2) is 4.57 Å². The van der Waals surface area contributed by atoms with Gasteiger partial charge in [0.15, 0.2) is 0 Å². The molecule has 1 aliphatic rings. The van der Waals surface area contributed by atoms with Crippen LogP contribution in [0.4, 0.5) is 5.69 Å². The van der Waals surface area contributed by atoms with Crippen molar-refractivity contribution in [2.75, 3.05) is 5.32 Å². The quantitative estimate of drug-likeness (QED) is 0.169. The molecule has 0 amide bonds. The van der Waals surface area contributed by atoms with E-state index in [1.807, 2.05) is 6.07 Å². The summed E-state index contributed by atoms with van der Waals surface area (Å²) in [5.74, 6) is 0. The Bertz CT molecular complexity index is 2680. The van der Waals surface area contributed by atoms with E-state index in [0.717, 1.165) is 33.6 Å². The predicted molar refractivity (Wildman–Crippen MR) is 219 cm³/mol. The average molecular weight is 655 g/mol. The van der Waals surface area contributed by atoms with Crippen LogP contribution < -0.4 is 5.32 Å². The van der Waals surface area contributed by atoms with E-state index in [4.69, 9.17) is 0 Å². The van der Waals surface area contributed by atoms with Crippen LogP contribution in [0.25, 0.3) is 60.5 Å². The first-order valence-electron chi connectivity index (χ1n) is 17.6. The van der Waals surface area contributed by atoms with Gasteiger partial charge in [-0.15, -0.1) is 0 Å². The molecular formula is C49H38N2. The Morgan fingerprint density at radius 3 is 2.14 bits per heavy atom. The van der Waals surface area contributed by atoms with Gasteiger partial charge in [0.05, 0.1) is 11.0 Å². The van der Waals surface area contributed by atoms with Crippen LogP contribution in [0.1, 0.15) is 36.1 Å². The van der Waals surface area contributed by atoms with Crippen molar-refractivity contribution < 1.29 is 0 Å². The lowest BCUT2D eigenvalue weighted by atomic mass is 9.82. The van der Waals surface area contributed by atoms with Crippen LogP contribution in [0.3, 0.4) is 0 Å². The highest BCUT2D eigenvalue weighted by Gasteiger charge is 2.36. The molecule has 0 atom stereocenters. The summed E-state index contributed by atoms with van der Waals surface area (Å²) in [6.45, 7) is 9.21. The predicted octanol–water partition coefficient (Wildman–Crippen LogP) is 13.0. The Kier molecular flexibility index (Phi) is 7.33. The Morgan fingerprint density at radius 1 is 0.588 bits per heavy atom. The molecule has 1 aliphatic carbocycles. The van der Waals surface area contributed by atoms with Gasteiger partial charge in [0, 0.05) is 39.1 Å². The largest absolute Gasteiger partial charge is 0.361 e. The molecule has 2 heteroatoms. The standard InChI is InChI=1S/C49H38N2/c1-33(34-15-6-4-7-16-34)29-37(27-28-50-46-24-14-18-35-17-10-11-21-39(35)46)36-25-26-47-42(30-36)43-31-45-41(40-22-12-13-23-44(40)49(45,2)3)32-48(43)51(47)38-19-8-5-9-20-38/h4-32,50H,1H2,2-3H3/b28-27-,37-29+. The van der Waals surface area contributed by atoms with Crippen molar-refractivity contribution in [1.29, 1.82) is 0 Å². The lowest BCUT2D eigenvalue weighted by molar-refractivity contribution is 0.661. The summed E-state index contributed by atoms with van der Waals surface area (Å²) in [4.78, 5) is 0. The van der Waals surface area contributed by atoms with Gasteiger partial charge in [-0.3, -0.25) is 0 Å². The van der Waals surface area contributed by atoms with E-state index in [1.165, 1.54) is 54.8 Å². The van der Waals surface area contributed by atoms with E-state index in [-0.39, 0.29) is 5.41 Å². The lowest BCUT2D eigenvalue weighted by Crippen LogP contribution is -2.14. The normalized spacial score (nSPS) is 13.6. The molecule has 9 rings (SSSR count). The van der Waals surface area contributed by atoms with E-state index >= 15 is 0 Å². The fourth-order valence-electron chi connectivity index (χ4n) is 7.97. The van der Waals surface area contributed by atoms with Crippen LogP contribution in [0, 0.1) is 0 Å². The van der Waals surface area contributed by atoms with E-state index in [2.05, 4.69) is 200 Å². The summed E-state index contributed by atoms with van der Waals surface area (Å²) in [7, 11) is 0. The van der Waals surface area contributed by atoms with Gasteiger partial charge in [0.2, 0.25) is 0 Å². The minimum atomic E-state index is -0.0899. The van der Waals surface area contributed by atoms with Crippen LogP contribution in [0.2, 0.25) is 0 Å². The summed E-state index contributed by atoms with van der Waals surface area (Å²) in [5, 5.41) is 8.47. The second-order valence-electron chi connectivity index (χ2n) is 14.0. The number of anilines is 1. The van der Waals surface area contributed by atoms with Gasteiger partial charge in [0.25, 0.3) is 0 Å². The third kappa shape index (κ3) is 5.19. The molecule has 8 aromatic rings. The molecule has 0 aliphatic heterocycles. The van der Waals surface area contributed by atoms with E-state index in [9.17, 15) is 0 Å². The first-order valence-corrected chi connectivity index (χ1v) is 17.6. The van der Waals surface area contributed by atoms with Crippen molar-refractivity contribution in [3.05, 3.63) is 205 Å². The van der Waals surface area contributed by atoms with Crippen molar-refractivity contribution in [1.82, 2.24) is 4.57 Å². The molecule has 7 aromatic carbocycles. The van der Waals surface area contributed by atoms with Gasteiger partial charge < -0.3 is 9.88 Å². The maximum Gasteiger partial charge on any atom is 0.0547 e. The molecule has 0 bridgehead atoms. The van der Waals surface area contributed by atoms with Crippen molar-refractivity contribution in [3.8, 4) is 16.8 Å². The van der Waals surface area contributed by atoms with Gasteiger partial charge in [0.1, 0.15) is 0 Å². The zero-order valence-corrected chi connectivity index (χ0v) is 28.9. The van der Waals surface area contributed by atoms with Gasteiger partial charge >= 0.3 is 0 Å². The number of para-hydroxylation sites is 1. The number of fused-ring (bicyclic) bond motifs is 7. The van der Waals surface area contributed by atoms with Gasteiger partial charge in [-0.05, 0) is 105 Å². The third-order valence-electron chi connectivity index (χ3n) is 10.6. The zero-order valence-electron chi connectivity index (χ0n) is 28.9. The Hall–Kier alpha value is -6.38. The summed E-state index contributed by atoms with van der Waals surface area (Å²) in [6, 6.07) is 56.7. The minimum Gasteiger partial charge on any atom is -0.361 e. The molecule has 244 valence electrons. The van der Waals surface area contributed by atoms with Crippen molar-refractivity contribution in [2.45, 2.75) is 19.3 Å². The number of benzene rings is 7. The molecule has 51 heavy (non-hydrogen) atoms. The Morgan fingerprint density at radius 2 is 1.29 bits per heavy atom. The van der Waals surface area contributed by atoms with Gasteiger partial charge in [-0.25, -0.2) is 0 Å². The van der Waals surface area contributed by atoms with Crippen LogP contribution in [0.5, 0.6) is 0 Å². The fourth-order valence-corrected chi connectivity index (χ4v) is 7.97. The molecule has 0 unspecified atom stereocenters. The maximum absolute atomic E-state index is 4.49. The zero-order chi connectivity index (χ0) is 34.5. The second-order valence-corrected chi connectivity index (χ2v) is 14.0. The van der Waals surface area contributed by atoms with Gasteiger partial charge in [-0.2, -0.15) is 0 Å². The maximum atomic E-state index is 4.49. The molecule has 0 saturated heterocycles. The molecule has 1 heterocycles. The molecule has 0 radical (unpaired) electrons. The molecule has 0 saturated carbocycles. The van der Waals surface area contributed by atoms with Crippen LogP contribution >= 0.6 is 0 Å². The monoisotopic (exact) mass is 654 g/mol. The SMILES string of the molecule is C=C(/C=C(\C=C/Nc1cccc2ccccc12)c1ccc2c(c1)c1cc3c(cc1n2-c1ccccc1)-c1ccccc1C3(C)C)c1ccccc1. The van der Waals surface area contributed by atoms with Crippen LogP contribution in [0.15, 0.2) is 183 Å². The minimum absolute atomic E-state index is 0.0899. The topological polar surface area (TPSA) is 17.0 Å². The highest BCUT2D eigenvalue weighted by atomic mass is 15.0. The summed E-state index contributed by atoms with van der Waals surface area (Å²) in [6.07, 6.45) is 6.42. The first kappa shape index (κ1) is 30.7. The molecule has 1 aromatic heterocycles. The number of hydrogen-bond donors (Lipinski definition) is 1. The highest BCUT2D eigenvalue weighted by Crippen LogP contribution is 2.51. The average Bonchev–Trinajstić information content (AvgIpc) is 3.61. The number of nitrogens with one attached hydrogen (secondary N) is 1. The molecule has 0 fully saturated rings. The van der Waals surface area contributed by atoms with E-state index < -0.39 is 0 Å². The smallest absolute Gasteiger partial charge is 0.0547 e. The number of aromatic nitrogens is 1. The van der Waals surface area contributed by atoms with E-state index in [1.54, 1.807) is 0 Å². The highest BCUT2D eigenvalue weighted by molar-refractivity contribution is 6.12. The Labute approximate surface area is 299 Å². The molecule has 0 spiro atoms. The molecule has 2 nitrogen and oxygen atoms in total. The van der Waals surface area contributed by atoms with Crippen LogP contribution in [-0.2, 0) is 5.41 Å².